The Morgan fingerprint density at radius 3 is 2.70 bits per heavy atom. The largest absolute Gasteiger partial charge is 0.478 e. The Hall–Kier alpha value is -3.75. The number of hydrogen-bond acceptors (Lipinski definition) is 5. The van der Waals surface area contributed by atoms with Crippen molar-refractivity contribution in [3.8, 4) is 16.9 Å². The van der Waals surface area contributed by atoms with E-state index >= 15 is 0 Å². The second-order valence-corrected chi connectivity index (χ2v) is 6.09. The monoisotopic (exact) mass is 364 g/mol. The lowest BCUT2D eigenvalue weighted by atomic mass is 10.1. The third-order valence-electron chi connectivity index (χ3n) is 4.46. The van der Waals surface area contributed by atoms with Crippen LogP contribution in [-0.4, -0.2) is 40.4 Å². The number of aromatic amines is 1. The average Bonchev–Trinajstić information content (AvgIpc) is 3.29. The van der Waals surface area contributed by atoms with Gasteiger partial charge in [0.2, 0.25) is 0 Å². The first-order valence-corrected chi connectivity index (χ1v) is 8.34. The van der Waals surface area contributed by atoms with E-state index in [4.69, 9.17) is 5.11 Å². The van der Waals surface area contributed by atoms with E-state index in [1.54, 1.807) is 24.7 Å². The van der Waals surface area contributed by atoms with E-state index in [1.807, 2.05) is 13.8 Å². The quantitative estimate of drug-likeness (QED) is 0.570. The van der Waals surface area contributed by atoms with E-state index in [1.165, 1.54) is 21.5 Å². The topological polar surface area (TPSA) is 118 Å². The van der Waals surface area contributed by atoms with Crippen LogP contribution >= 0.6 is 0 Å². The molecule has 0 aromatic carbocycles. The van der Waals surface area contributed by atoms with Gasteiger partial charge in [-0.05, 0) is 25.5 Å². The zero-order valence-corrected chi connectivity index (χ0v) is 14.7. The maximum absolute atomic E-state index is 12.5. The Kier molecular flexibility index (Phi) is 3.84. The molecule has 136 valence electrons. The highest BCUT2D eigenvalue weighted by Gasteiger charge is 2.15. The van der Waals surface area contributed by atoms with Crippen molar-refractivity contribution in [2.75, 3.05) is 0 Å². The zero-order chi connectivity index (χ0) is 19.1. The number of aryl methyl sites for hydroxylation is 1. The Morgan fingerprint density at radius 2 is 2.04 bits per heavy atom. The molecule has 9 heteroatoms. The number of nitrogens with one attached hydrogen (secondary N) is 1. The highest BCUT2D eigenvalue weighted by molar-refractivity contribution is 5.87. The van der Waals surface area contributed by atoms with Gasteiger partial charge in [-0.3, -0.25) is 4.79 Å². The van der Waals surface area contributed by atoms with Crippen LogP contribution in [0, 0.1) is 6.92 Å². The molecule has 0 aliphatic rings. The van der Waals surface area contributed by atoms with Crippen molar-refractivity contribution in [2.45, 2.75) is 20.3 Å². The number of hydrogen-bond donors (Lipinski definition) is 2. The standard InChI is InChI=1S/C18H16N6O3/c1-3-13-10(2)22-16-14(8-21-24(16)17(13)25)12-7-20-23(9-12)15-5-4-11(6-19-15)18(26)27/h4-9,22H,3H2,1-2H3,(H,26,27). The van der Waals surface area contributed by atoms with Gasteiger partial charge in [0.1, 0.15) is 5.65 Å². The predicted octanol–water partition coefficient (Wildman–Crippen LogP) is 1.84. The minimum Gasteiger partial charge on any atom is -0.478 e. The van der Waals surface area contributed by atoms with Crippen LogP contribution in [0.1, 0.15) is 28.5 Å². The molecule has 0 bridgehead atoms. The minimum atomic E-state index is -1.03. The fourth-order valence-corrected chi connectivity index (χ4v) is 3.03. The molecule has 4 heterocycles. The number of aromatic carboxylic acids is 1. The van der Waals surface area contributed by atoms with Gasteiger partial charge in [0.25, 0.3) is 5.56 Å². The molecule has 27 heavy (non-hydrogen) atoms. The third kappa shape index (κ3) is 2.69. The number of rotatable bonds is 4. The van der Waals surface area contributed by atoms with Gasteiger partial charge in [-0.2, -0.15) is 14.7 Å². The molecule has 0 unspecified atom stereocenters. The van der Waals surface area contributed by atoms with Gasteiger partial charge in [0.05, 0.1) is 18.0 Å². The van der Waals surface area contributed by atoms with Crippen LogP contribution in [0.15, 0.2) is 41.7 Å². The molecule has 0 saturated heterocycles. The lowest BCUT2D eigenvalue weighted by Gasteiger charge is -2.04. The normalized spacial score (nSPS) is 11.2. The third-order valence-corrected chi connectivity index (χ3v) is 4.46. The first-order chi connectivity index (χ1) is 13.0. The van der Waals surface area contributed by atoms with E-state index in [9.17, 15) is 9.59 Å². The molecular formula is C18H16N6O3. The van der Waals surface area contributed by atoms with Crippen molar-refractivity contribution in [1.82, 2.24) is 29.4 Å². The van der Waals surface area contributed by atoms with Crippen LogP contribution in [0.3, 0.4) is 0 Å². The lowest BCUT2D eigenvalue weighted by Crippen LogP contribution is -2.21. The molecule has 9 nitrogen and oxygen atoms in total. The van der Waals surface area contributed by atoms with E-state index < -0.39 is 5.97 Å². The smallest absolute Gasteiger partial charge is 0.337 e. The molecule has 0 aliphatic heterocycles. The maximum Gasteiger partial charge on any atom is 0.337 e. The highest BCUT2D eigenvalue weighted by atomic mass is 16.4. The van der Waals surface area contributed by atoms with Crippen LogP contribution in [0.25, 0.3) is 22.6 Å². The number of nitrogens with zero attached hydrogens (tertiary/aromatic N) is 5. The Bertz CT molecular complexity index is 1220. The summed E-state index contributed by atoms with van der Waals surface area (Å²) in [6.07, 6.45) is 6.92. The summed E-state index contributed by atoms with van der Waals surface area (Å²) in [4.78, 5) is 30.8. The van der Waals surface area contributed by atoms with Gasteiger partial charge in [-0.1, -0.05) is 6.92 Å². The molecule has 4 aromatic rings. The number of pyridine rings is 1. The van der Waals surface area contributed by atoms with Gasteiger partial charge >= 0.3 is 5.97 Å². The molecule has 0 aliphatic carbocycles. The van der Waals surface area contributed by atoms with Crippen LogP contribution in [0.5, 0.6) is 0 Å². The minimum absolute atomic E-state index is 0.105. The van der Waals surface area contributed by atoms with Crippen molar-refractivity contribution in [2.24, 2.45) is 0 Å². The summed E-state index contributed by atoms with van der Waals surface area (Å²) >= 11 is 0. The second kappa shape index (κ2) is 6.20. The molecular weight excluding hydrogens is 348 g/mol. The molecule has 0 fully saturated rings. The summed E-state index contributed by atoms with van der Waals surface area (Å²) in [5.74, 6) is -0.548. The van der Waals surface area contributed by atoms with Crippen molar-refractivity contribution in [1.29, 1.82) is 0 Å². The summed E-state index contributed by atoms with van der Waals surface area (Å²) < 4.78 is 2.90. The van der Waals surface area contributed by atoms with Crippen LogP contribution in [-0.2, 0) is 6.42 Å². The van der Waals surface area contributed by atoms with E-state index in [0.717, 1.165) is 16.8 Å². The fraction of sp³-hybridized carbons (Fsp3) is 0.167. The van der Waals surface area contributed by atoms with Gasteiger partial charge in [-0.25, -0.2) is 14.5 Å². The molecule has 0 spiro atoms. The Balaban J connectivity index is 1.77. The number of carboxylic acid groups (broad SMARTS) is 1. The van der Waals surface area contributed by atoms with Crippen molar-refractivity contribution >= 4 is 11.6 Å². The molecule has 4 aromatic heterocycles. The van der Waals surface area contributed by atoms with Gasteiger partial charge in [0, 0.05) is 34.8 Å². The number of aromatic nitrogens is 6. The first kappa shape index (κ1) is 16.7. The molecule has 2 N–H and O–H groups in total. The molecule has 0 radical (unpaired) electrons. The Labute approximate surface area is 152 Å². The van der Waals surface area contributed by atoms with E-state index in [0.29, 0.717) is 23.4 Å². The SMILES string of the molecule is CCc1c(C)[nH]c2c(-c3cnn(-c4ccc(C(=O)O)cn4)c3)cnn2c1=O. The highest BCUT2D eigenvalue weighted by Crippen LogP contribution is 2.23. The number of carboxylic acids is 1. The van der Waals surface area contributed by atoms with Crippen molar-refractivity contribution in [3.05, 3.63) is 64.1 Å². The second-order valence-electron chi connectivity index (χ2n) is 6.09. The van der Waals surface area contributed by atoms with Gasteiger partial charge in [0.15, 0.2) is 5.82 Å². The molecule has 0 saturated carbocycles. The van der Waals surface area contributed by atoms with Crippen LogP contribution < -0.4 is 5.56 Å². The number of H-pyrrole nitrogens is 1. The lowest BCUT2D eigenvalue weighted by molar-refractivity contribution is 0.0696. The molecule has 0 amide bonds. The van der Waals surface area contributed by atoms with Crippen molar-refractivity contribution < 1.29 is 9.90 Å². The summed E-state index contributed by atoms with van der Waals surface area (Å²) in [6.45, 7) is 3.80. The van der Waals surface area contributed by atoms with Gasteiger partial charge < -0.3 is 10.1 Å². The van der Waals surface area contributed by atoms with Gasteiger partial charge in [-0.15, -0.1) is 0 Å². The van der Waals surface area contributed by atoms with Crippen LogP contribution in [0.2, 0.25) is 0 Å². The number of carbonyl (C=O) groups is 1. The van der Waals surface area contributed by atoms with Crippen LogP contribution in [0.4, 0.5) is 0 Å². The molecule has 0 atom stereocenters. The van der Waals surface area contributed by atoms with E-state index in [-0.39, 0.29) is 11.1 Å². The summed E-state index contributed by atoms with van der Waals surface area (Å²) in [5, 5.41) is 17.4. The summed E-state index contributed by atoms with van der Waals surface area (Å²) in [5.41, 5.74) is 3.59. The van der Waals surface area contributed by atoms with E-state index in [2.05, 4.69) is 20.2 Å². The summed E-state index contributed by atoms with van der Waals surface area (Å²) in [7, 11) is 0. The summed E-state index contributed by atoms with van der Waals surface area (Å²) in [6, 6.07) is 3.05. The van der Waals surface area contributed by atoms with Crippen molar-refractivity contribution in [3.63, 3.8) is 0 Å². The molecule has 4 rings (SSSR count). The zero-order valence-electron chi connectivity index (χ0n) is 14.7. The predicted molar refractivity (Wildman–Crippen MR) is 97.2 cm³/mol. The fourth-order valence-electron chi connectivity index (χ4n) is 3.03. The first-order valence-electron chi connectivity index (χ1n) is 8.34. The maximum atomic E-state index is 12.5. The Morgan fingerprint density at radius 1 is 1.22 bits per heavy atom. The average molecular weight is 364 g/mol. The number of fused-ring (bicyclic) bond motifs is 1.